The van der Waals surface area contributed by atoms with Crippen LogP contribution >= 0.6 is 12.2 Å². The molecule has 212 valence electrons. The summed E-state index contributed by atoms with van der Waals surface area (Å²) in [4.78, 5) is 18.2. The van der Waals surface area contributed by atoms with Gasteiger partial charge < -0.3 is 24.6 Å². The van der Waals surface area contributed by atoms with Crippen molar-refractivity contribution in [2.75, 3.05) is 23.0 Å². The molecule has 5 rings (SSSR count). The van der Waals surface area contributed by atoms with E-state index in [-0.39, 0.29) is 23.3 Å². The minimum atomic E-state index is -3.58. The van der Waals surface area contributed by atoms with Crippen molar-refractivity contribution in [3.05, 3.63) is 101 Å². The Balaban J connectivity index is 1.69. The lowest BCUT2D eigenvalue weighted by molar-refractivity contribution is 0.0697. The number of thiocarbonyl (C=S) groups is 1. The molecule has 0 saturated carbocycles. The van der Waals surface area contributed by atoms with Crippen molar-refractivity contribution in [2.45, 2.75) is 25.9 Å². The average Bonchev–Trinajstić information content (AvgIpc) is 3.43. The fourth-order valence-corrected chi connectivity index (χ4v) is 6.24. The summed E-state index contributed by atoms with van der Waals surface area (Å²) in [7, 11) is -2.11. The first kappa shape index (κ1) is 28.1. The predicted molar refractivity (Wildman–Crippen MR) is 162 cm³/mol. The van der Waals surface area contributed by atoms with E-state index in [1.807, 2.05) is 53.6 Å². The molecule has 0 radical (unpaired) electrons. The number of aromatic carboxylic acids is 1. The topological polar surface area (TPSA) is 126 Å². The zero-order valence-corrected chi connectivity index (χ0v) is 24.5. The molecule has 0 bridgehead atoms. The van der Waals surface area contributed by atoms with Crippen molar-refractivity contribution in [1.82, 2.24) is 14.9 Å². The monoisotopic (exact) mass is 591 g/mol. The van der Waals surface area contributed by atoms with Gasteiger partial charge in [0.2, 0.25) is 10.0 Å². The molecule has 0 aliphatic carbocycles. The molecule has 1 saturated heterocycles. The molecular weight excluding hydrogens is 562 g/mol. The Kier molecular flexibility index (Phi) is 7.45. The third-order valence-corrected chi connectivity index (χ3v) is 7.90. The number of hydrogen-bond acceptors (Lipinski definition) is 6. The molecule has 0 unspecified atom stereocenters. The predicted octanol–water partition coefficient (Wildman–Crippen LogP) is 4.74. The Morgan fingerprint density at radius 3 is 2.51 bits per heavy atom. The maximum atomic E-state index is 12.1. The van der Waals surface area contributed by atoms with Crippen molar-refractivity contribution in [2.24, 2.45) is 0 Å². The van der Waals surface area contributed by atoms with E-state index in [1.165, 1.54) is 7.11 Å². The van der Waals surface area contributed by atoms with Gasteiger partial charge in [0.25, 0.3) is 0 Å². The molecule has 41 heavy (non-hydrogen) atoms. The molecule has 4 aromatic rings. The Bertz CT molecular complexity index is 1750. The summed E-state index contributed by atoms with van der Waals surface area (Å²) in [5.74, 6) is -0.633. The number of nitrogens with one attached hydrogen (secondary N) is 2. The first-order valence-electron chi connectivity index (χ1n) is 12.7. The van der Waals surface area contributed by atoms with Crippen LogP contribution < -0.4 is 19.7 Å². The lowest BCUT2D eigenvalue weighted by Crippen LogP contribution is -2.29. The largest absolute Gasteiger partial charge is 0.495 e. The summed E-state index contributed by atoms with van der Waals surface area (Å²) < 4.78 is 34.2. The number of sulfonamides is 1. The van der Waals surface area contributed by atoms with Gasteiger partial charge >= 0.3 is 5.97 Å². The molecular formula is C29H29N5O5S2. The second-order valence-corrected chi connectivity index (χ2v) is 11.9. The van der Waals surface area contributed by atoms with Crippen LogP contribution in [0.1, 0.15) is 45.1 Å². The van der Waals surface area contributed by atoms with Gasteiger partial charge in [0.1, 0.15) is 5.75 Å². The molecule has 10 nitrogen and oxygen atoms in total. The zero-order chi connectivity index (χ0) is 29.5. The smallest absolute Gasteiger partial charge is 0.335 e. The number of carboxylic acid groups (broad SMARTS) is 1. The zero-order valence-electron chi connectivity index (χ0n) is 22.8. The number of aromatic nitrogens is 2. The maximum absolute atomic E-state index is 12.1. The summed E-state index contributed by atoms with van der Waals surface area (Å²) in [6.07, 6.45) is 2.80. The molecule has 3 heterocycles. The van der Waals surface area contributed by atoms with Gasteiger partial charge in [-0.2, -0.15) is 0 Å². The van der Waals surface area contributed by atoms with Crippen LogP contribution in [0.15, 0.2) is 72.9 Å². The number of carbonyl (C=O) groups is 1. The summed E-state index contributed by atoms with van der Waals surface area (Å²) in [6, 6.07) is 19.0. The highest BCUT2D eigenvalue weighted by Gasteiger charge is 2.42. The quantitative estimate of drug-likeness (QED) is 0.249. The Labute approximate surface area is 243 Å². The van der Waals surface area contributed by atoms with Crippen molar-refractivity contribution >= 4 is 44.7 Å². The average molecular weight is 592 g/mol. The number of nitrogens with zero attached hydrogens (tertiary/aromatic N) is 3. The van der Waals surface area contributed by atoms with Crippen LogP contribution in [0.25, 0.3) is 5.69 Å². The highest BCUT2D eigenvalue weighted by Crippen LogP contribution is 2.45. The van der Waals surface area contributed by atoms with Gasteiger partial charge in [0.15, 0.2) is 5.11 Å². The van der Waals surface area contributed by atoms with E-state index in [2.05, 4.69) is 21.1 Å². The molecule has 1 fully saturated rings. The van der Waals surface area contributed by atoms with Crippen molar-refractivity contribution in [1.29, 1.82) is 0 Å². The fraction of sp³-hybridized carbons (Fsp3) is 0.207. The van der Waals surface area contributed by atoms with Crippen LogP contribution in [-0.4, -0.2) is 47.5 Å². The second-order valence-electron chi connectivity index (χ2n) is 9.77. The summed E-state index contributed by atoms with van der Waals surface area (Å²) >= 11 is 5.86. The van der Waals surface area contributed by atoms with Crippen LogP contribution in [0.3, 0.4) is 0 Å². The number of methoxy groups -OCH3 is 1. The number of aryl methyl sites for hydroxylation is 1. The first-order valence-corrected chi connectivity index (χ1v) is 15.0. The molecule has 2 aromatic heterocycles. The number of hydrogen-bond donors (Lipinski definition) is 3. The first-order chi connectivity index (χ1) is 19.5. The van der Waals surface area contributed by atoms with Crippen molar-refractivity contribution in [3.8, 4) is 11.4 Å². The highest BCUT2D eigenvalue weighted by molar-refractivity contribution is 7.92. The standard InChI is InChI=1S/C29H29N5O5S2/c1-17-14-22(18(2)33(17)20-9-7-8-19(15-20)28(35)36)27-26(23-10-5-6-13-30-23)31-29(40)34(27)21-11-12-25(39-3)24(16-21)32-41(4,37)38/h5-16,26-27,32H,1-4H3,(H,31,40)(H,35,36)/t26-,27-/m0/s1. The van der Waals surface area contributed by atoms with E-state index < -0.39 is 16.0 Å². The molecule has 0 spiro atoms. The molecule has 1 aliphatic rings. The van der Waals surface area contributed by atoms with Crippen molar-refractivity contribution in [3.63, 3.8) is 0 Å². The van der Waals surface area contributed by atoms with Crippen LogP contribution in [0.5, 0.6) is 5.75 Å². The van der Waals surface area contributed by atoms with Gasteiger partial charge in [-0.15, -0.1) is 0 Å². The molecule has 2 aromatic carbocycles. The Hall–Kier alpha value is -4.42. The molecule has 3 N–H and O–H groups in total. The van der Waals surface area contributed by atoms with Gasteiger partial charge in [-0.3, -0.25) is 9.71 Å². The second kappa shape index (κ2) is 10.9. The van der Waals surface area contributed by atoms with E-state index in [4.69, 9.17) is 17.0 Å². The Morgan fingerprint density at radius 2 is 1.85 bits per heavy atom. The van der Waals surface area contributed by atoms with Gasteiger partial charge in [0, 0.05) is 29.0 Å². The SMILES string of the molecule is COc1ccc(N2C(=S)N[C@@H](c3ccccn3)[C@@H]2c2cc(C)n(-c3cccc(C(=O)O)c3)c2C)cc1NS(C)(=O)=O. The fourth-order valence-electron chi connectivity index (χ4n) is 5.34. The number of carboxylic acids is 1. The minimum absolute atomic E-state index is 0.192. The van der Waals surface area contributed by atoms with Gasteiger partial charge in [-0.25, -0.2) is 13.2 Å². The van der Waals surface area contributed by atoms with E-state index in [0.29, 0.717) is 16.5 Å². The normalized spacial score (nSPS) is 16.9. The summed E-state index contributed by atoms with van der Waals surface area (Å²) in [5.41, 5.74) is 5.38. The van der Waals surface area contributed by atoms with Crippen LogP contribution in [-0.2, 0) is 10.0 Å². The van der Waals surface area contributed by atoms with Crippen LogP contribution in [0.4, 0.5) is 11.4 Å². The molecule has 2 atom stereocenters. The lowest BCUT2D eigenvalue weighted by atomic mass is 9.96. The van der Waals surface area contributed by atoms with Crippen LogP contribution in [0, 0.1) is 13.8 Å². The molecule has 1 aliphatic heterocycles. The van der Waals surface area contributed by atoms with Gasteiger partial charge in [0.05, 0.1) is 42.4 Å². The Morgan fingerprint density at radius 1 is 1.07 bits per heavy atom. The number of rotatable bonds is 8. The van der Waals surface area contributed by atoms with Gasteiger partial charge in [-0.05, 0) is 86.2 Å². The summed E-state index contributed by atoms with van der Waals surface area (Å²) in [5, 5.41) is 13.4. The number of anilines is 2. The van der Waals surface area contributed by atoms with Crippen LogP contribution in [0.2, 0.25) is 0 Å². The molecule has 12 heteroatoms. The number of pyridine rings is 1. The third kappa shape index (κ3) is 5.48. The minimum Gasteiger partial charge on any atom is -0.495 e. The van der Waals surface area contributed by atoms with E-state index >= 15 is 0 Å². The van der Waals surface area contributed by atoms with E-state index in [0.717, 1.165) is 34.6 Å². The van der Waals surface area contributed by atoms with Gasteiger partial charge in [-0.1, -0.05) is 12.1 Å². The number of benzene rings is 2. The van der Waals surface area contributed by atoms with E-state index in [1.54, 1.807) is 36.5 Å². The third-order valence-electron chi connectivity index (χ3n) is 6.99. The lowest BCUT2D eigenvalue weighted by Gasteiger charge is -2.29. The number of ether oxygens (including phenoxy) is 1. The van der Waals surface area contributed by atoms with E-state index in [9.17, 15) is 18.3 Å². The highest BCUT2D eigenvalue weighted by atomic mass is 32.2. The summed E-state index contributed by atoms with van der Waals surface area (Å²) in [6.45, 7) is 3.95. The maximum Gasteiger partial charge on any atom is 0.335 e. The molecule has 0 amide bonds. The van der Waals surface area contributed by atoms with Crippen molar-refractivity contribution < 1.29 is 23.1 Å².